The van der Waals surface area contributed by atoms with E-state index in [1.807, 2.05) is 30.3 Å². The molecule has 0 radical (unpaired) electrons. The molecule has 1 aromatic heterocycles. The second-order valence-electron chi connectivity index (χ2n) is 6.44. The normalized spacial score (nSPS) is 16.8. The molecule has 1 atom stereocenters. The van der Waals surface area contributed by atoms with Crippen molar-refractivity contribution in [3.05, 3.63) is 54.2 Å². The van der Waals surface area contributed by atoms with Gasteiger partial charge in [0.05, 0.1) is 19.2 Å². The van der Waals surface area contributed by atoms with Crippen LogP contribution >= 0.6 is 0 Å². The number of nitrogens with one attached hydrogen (secondary N) is 1. The van der Waals surface area contributed by atoms with Crippen LogP contribution in [0, 0.1) is 0 Å². The lowest BCUT2D eigenvalue weighted by Gasteiger charge is -2.32. The molecule has 2 amide bonds. The predicted molar refractivity (Wildman–Crippen MR) is 98.9 cm³/mol. The third kappa shape index (κ3) is 5.05. The van der Waals surface area contributed by atoms with Crippen LogP contribution in [0.4, 0.5) is 5.82 Å². The van der Waals surface area contributed by atoms with Gasteiger partial charge < -0.3 is 15.0 Å². The van der Waals surface area contributed by atoms with E-state index in [1.165, 1.54) is 0 Å². The van der Waals surface area contributed by atoms with Gasteiger partial charge in [0.25, 0.3) is 0 Å². The minimum absolute atomic E-state index is 0.0204. The molecule has 26 heavy (non-hydrogen) atoms. The van der Waals surface area contributed by atoms with Gasteiger partial charge in [0.1, 0.15) is 17.7 Å². The van der Waals surface area contributed by atoms with Crippen molar-refractivity contribution in [1.29, 1.82) is 0 Å². The van der Waals surface area contributed by atoms with E-state index in [0.717, 1.165) is 24.9 Å². The Morgan fingerprint density at radius 2 is 2.04 bits per heavy atom. The second-order valence-corrected chi connectivity index (χ2v) is 6.44. The summed E-state index contributed by atoms with van der Waals surface area (Å²) in [5.74, 6) is 1.10. The first-order chi connectivity index (χ1) is 12.6. The van der Waals surface area contributed by atoms with E-state index in [2.05, 4.69) is 10.3 Å². The molecule has 1 aromatic carbocycles. The second kappa shape index (κ2) is 8.47. The maximum atomic E-state index is 12.1. The lowest BCUT2D eigenvalue weighted by molar-refractivity contribution is -0.131. The van der Waals surface area contributed by atoms with E-state index in [1.54, 1.807) is 30.2 Å². The number of pyridine rings is 1. The van der Waals surface area contributed by atoms with Crippen molar-refractivity contribution < 1.29 is 14.3 Å². The Kier molecular flexibility index (Phi) is 5.84. The topological polar surface area (TPSA) is 71.5 Å². The average Bonchev–Trinajstić information content (AvgIpc) is 2.64. The molecule has 6 nitrogen and oxygen atoms in total. The first-order valence-corrected chi connectivity index (χ1v) is 8.82. The largest absolute Gasteiger partial charge is 0.487 e. The number of carbonyl (C=O) groups is 2. The van der Waals surface area contributed by atoms with E-state index in [-0.39, 0.29) is 17.9 Å². The van der Waals surface area contributed by atoms with Crippen LogP contribution in [0.15, 0.2) is 48.7 Å². The minimum atomic E-state index is -0.109. The molecule has 6 heteroatoms. The van der Waals surface area contributed by atoms with Gasteiger partial charge in [-0.3, -0.25) is 9.59 Å². The number of carbonyl (C=O) groups excluding carboxylic acids is 2. The SMILES string of the molecule is CC(=O)N1CCCC(Oc2ccc(NC(=O)Cc3ccccc3)nc2)C1. The standard InChI is InChI=1S/C20H23N3O3/c1-15(24)23-11-5-8-18(14-23)26-17-9-10-19(21-13-17)22-20(25)12-16-6-3-2-4-7-16/h2-4,6-7,9-10,13,18H,5,8,11-12,14H2,1H3,(H,21,22,25). The summed E-state index contributed by atoms with van der Waals surface area (Å²) >= 11 is 0. The molecule has 1 aliphatic rings. The van der Waals surface area contributed by atoms with Crippen LogP contribution in [0.3, 0.4) is 0 Å². The maximum absolute atomic E-state index is 12.1. The molecule has 1 N–H and O–H groups in total. The number of hydrogen-bond donors (Lipinski definition) is 1. The van der Waals surface area contributed by atoms with Crippen LogP contribution < -0.4 is 10.1 Å². The quantitative estimate of drug-likeness (QED) is 0.897. The van der Waals surface area contributed by atoms with Crippen molar-refractivity contribution in [2.75, 3.05) is 18.4 Å². The van der Waals surface area contributed by atoms with Gasteiger partial charge in [-0.25, -0.2) is 4.98 Å². The van der Waals surface area contributed by atoms with Gasteiger partial charge >= 0.3 is 0 Å². The highest BCUT2D eigenvalue weighted by Crippen LogP contribution is 2.19. The van der Waals surface area contributed by atoms with Gasteiger partial charge in [-0.1, -0.05) is 30.3 Å². The van der Waals surface area contributed by atoms with Gasteiger partial charge in [0.15, 0.2) is 0 Å². The van der Waals surface area contributed by atoms with Crippen molar-refractivity contribution in [3.63, 3.8) is 0 Å². The number of hydrogen-bond acceptors (Lipinski definition) is 4. The van der Waals surface area contributed by atoms with Crippen molar-refractivity contribution in [1.82, 2.24) is 9.88 Å². The zero-order valence-electron chi connectivity index (χ0n) is 14.9. The molecule has 2 heterocycles. The van der Waals surface area contributed by atoms with Gasteiger partial charge in [0, 0.05) is 13.5 Å². The highest BCUT2D eigenvalue weighted by atomic mass is 16.5. The van der Waals surface area contributed by atoms with Crippen molar-refractivity contribution in [3.8, 4) is 5.75 Å². The fraction of sp³-hybridized carbons (Fsp3) is 0.350. The number of anilines is 1. The molecule has 0 spiro atoms. The fourth-order valence-electron chi connectivity index (χ4n) is 3.01. The van der Waals surface area contributed by atoms with Crippen molar-refractivity contribution in [2.45, 2.75) is 32.3 Å². The summed E-state index contributed by atoms with van der Waals surface area (Å²) in [5, 5.41) is 2.78. The smallest absolute Gasteiger partial charge is 0.229 e. The van der Waals surface area contributed by atoms with E-state index >= 15 is 0 Å². The van der Waals surface area contributed by atoms with E-state index in [9.17, 15) is 9.59 Å². The molecular weight excluding hydrogens is 330 g/mol. The summed E-state index contributed by atoms with van der Waals surface area (Å²) in [6, 6.07) is 13.1. The number of rotatable bonds is 5. The molecule has 1 aliphatic heterocycles. The Hall–Kier alpha value is -2.89. The monoisotopic (exact) mass is 353 g/mol. The van der Waals surface area contributed by atoms with Crippen LogP contribution in [0.25, 0.3) is 0 Å². The molecule has 2 aromatic rings. The number of aromatic nitrogens is 1. The predicted octanol–water partition coefficient (Wildman–Crippen LogP) is 2.65. The summed E-state index contributed by atoms with van der Waals surface area (Å²) in [6.45, 7) is 2.97. The Balaban J connectivity index is 1.52. The third-order valence-electron chi connectivity index (χ3n) is 4.34. The number of amides is 2. The first kappa shape index (κ1) is 17.9. The number of nitrogens with zero attached hydrogens (tertiary/aromatic N) is 2. The highest BCUT2D eigenvalue weighted by molar-refractivity contribution is 5.91. The Morgan fingerprint density at radius 1 is 1.23 bits per heavy atom. The lowest BCUT2D eigenvalue weighted by Crippen LogP contribution is -2.43. The molecule has 1 unspecified atom stereocenters. The molecule has 0 bridgehead atoms. The van der Waals surface area contributed by atoms with E-state index < -0.39 is 0 Å². The Bertz CT molecular complexity index is 747. The molecule has 136 valence electrons. The minimum Gasteiger partial charge on any atom is -0.487 e. The number of piperidine rings is 1. The number of benzene rings is 1. The van der Waals surface area contributed by atoms with E-state index in [4.69, 9.17) is 4.74 Å². The molecule has 1 fully saturated rings. The maximum Gasteiger partial charge on any atom is 0.229 e. The molecular formula is C20H23N3O3. The van der Waals surface area contributed by atoms with Gasteiger partial charge in [-0.2, -0.15) is 0 Å². The highest BCUT2D eigenvalue weighted by Gasteiger charge is 2.22. The summed E-state index contributed by atoms with van der Waals surface area (Å²) in [4.78, 5) is 29.6. The Morgan fingerprint density at radius 3 is 2.73 bits per heavy atom. The van der Waals surface area contributed by atoms with Crippen molar-refractivity contribution in [2.24, 2.45) is 0 Å². The first-order valence-electron chi connectivity index (χ1n) is 8.82. The zero-order chi connectivity index (χ0) is 18.4. The lowest BCUT2D eigenvalue weighted by atomic mass is 10.1. The third-order valence-corrected chi connectivity index (χ3v) is 4.34. The molecule has 0 aliphatic carbocycles. The zero-order valence-corrected chi connectivity index (χ0v) is 14.9. The van der Waals surface area contributed by atoms with Crippen molar-refractivity contribution >= 4 is 17.6 Å². The van der Waals surface area contributed by atoms with Crippen LogP contribution in [0.5, 0.6) is 5.75 Å². The summed E-state index contributed by atoms with van der Waals surface area (Å²) in [5.41, 5.74) is 0.956. The van der Waals surface area contributed by atoms with Gasteiger partial charge in [-0.15, -0.1) is 0 Å². The Labute approximate surface area is 153 Å². The summed E-state index contributed by atoms with van der Waals surface area (Å²) in [6.07, 6.45) is 3.74. The van der Waals surface area contributed by atoms with Crippen LogP contribution in [0.1, 0.15) is 25.3 Å². The summed E-state index contributed by atoms with van der Waals surface area (Å²) in [7, 11) is 0. The van der Waals surface area contributed by atoms with E-state index in [0.29, 0.717) is 24.5 Å². The number of ether oxygens (including phenoxy) is 1. The van der Waals surface area contributed by atoms with Crippen LogP contribution in [0.2, 0.25) is 0 Å². The molecule has 1 saturated heterocycles. The van der Waals surface area contributed by atoms with Gasteiger partial charge in [0.2, 0.25) is 11.8 Å². The van der Waals surface area contributed by atoms with Crippen LogP contribution in [-0.2, 0) is 16.0 Å². The van der Waals surface area contributed by atoms with Gasteiger partial charge in [-0.05, 0) is 30.5 Å². The fourth-order valence-corrected chi connectivity index (χ4v) is 3.01. The molecule has 0 saturated carbocycles. The average molecular weight is 353 g/mol. The number of likely N-dealkylation sites (tertiary alicyclic amines) is 1. The molecule has 3 rings (SSSR count). The van der Waals surface area contributed by atoms with Crippen LogP contribution in [-0.4, -0.2) is 40.9 Å². The summed E-state index contributed by atoms with van der Waals surface area (Å²) < 4.78 is 5.92.